The van der Waals surface area contributed by atoms with Crippen molar-refractivity contribution in [3.63, 3.8) is 0 Å². The maximum absolute atomic E-state index is 13.3. The summed E-state index contributed by atoms with van der Waals surface area (Å²) in [4.78, 5) is 84.0. The van der Waals surface area contributed by atoms with E-state index in [-0.39, 0.29) is 90.3 Å². The predicted molar refractivity (Wildman–Crippen MR) is 526 cm³/mol. The average Bonchev–Trinajstić information content (AvgIpc) is 1.64. The number of aliphatic hydroxyl groups excluding tert-OH is 2. The van der Waals surface area contributed by atoms with Crippen LogP contribution in [0.15, 0.2) is 313 Å². The third kappa shape index (κ3) is 21.7. The molecule has 0 saturated heterocycles. The molecule has 1 aliphatic carbocycles. The largest absolute Gasteiger partial charge is 0.467 e. The van der Waals surface area contributed by atoms with Crippen LogP contribution < -0.4 is 26.6 Å². The van der Waals surface area contributed by atoms with Crippen LogP contribution in [0, 0.1) is 17.6 Å². The monoisotopic (exact) mass is 1830 g/mol. The lowest BCUT2D eigenvalue weighted by Gasteiger charge is -2.19. The Morgan fingerprint density at radius 3 is 1.20 bits per heavy atom. The summed E-state index contributed by atoms with van der Waals surface area (Å²) in [5.41, 5.74) is 15.2. The Morgan fingerprint density at radius 2 is 0.797 bits per heavy atom. The zero-order valence-corrected chi connectivity index (χ0v) is 74.2. The van der Waals surface area contributed by atoms with Gasteiger partial charge in [0, 0.05) is 38.9 Å². The van der Waals surface area contributed by atoms with Crippen LogP contribution in [0.1, 0.15) is 125 Å². The number of aromatic amines is 5. The Balaban J connectivity index is 0.000000115. The number of aromatic nitrogens is 15. The summed E-state index contributed by atoms with van der Waals surface area (Å²) in [7, 11) is 0. The molecule has 684 valence electrons. The maximum Gasteiger partial charge on any atom is 0.270 e. The number of benzene rings is 9. The van der Waals surface area contributed by atoms with Crippen LogP contribution in [0.5, 0.6) is 0 Å². The van der Waals surface area contributed by atoms with E-state index in [1.165, 1.54) is 29.7 Å². The molecule has 1 saturated carbocycles. The van der Waals surface area contributed by atoms with Gasteiger partial charge in [0.25, 0.3) is 29.5 Å². The SMILES string of the molecule is CC(C)[C@@H](CO)NC(=O)c1cc2c(-c3ccc4ccccc4c3)n[nH]c2cn1.O=C(NC1CC1)c1ccc2[nH]nc(/C=C/c3cccc(F)c3)c2n1.O=C(NCc1ccco1)c1cc2c(-c3ccc4ccccc4c3)n[nH]c2cn1.O=C(NCc1ccco1)c1ccc2[nH]nc(/C=C/c3cccc(F)c3)c2n1.O=C(N[C@H](CO)c1ccccc1)c1cc2c(-c3ccc4ccccc4c3)n[nH]c2cn1. The van der Waals surface area contributed by atoms with Gasteiger partial charge in [0.2, 0.25) is 0 Å². The Bertz CT molecular complexity index is 8050. The van der Waals surface area contributed by atoms with Crippen molar-refractivity contribution in [3.05, 3.63) is 384 Å². The second-order valence-corrected chi connectivity index (χ2v) is 32.8. The van der Waals surface area contributed by atoms with Gasteiger partial charge in [-0.05, 0) is 189 Å². The minimum atomic E-state index is -0.504. The average molecular weight is 1840 g/mol. The van der Waals surface area contributed by atoms with E-state index in [4.69, 9.17) is 8.83 Å². The minimum absolute atomic E-state index is 0.111. The molecule has 29 nitrogen and oxygen atoms in total. The van der Waals surface area contributed by atoms with Crippen molar-refractivity contribution in [3.8, 4) is 33.8 Å². The van der Waals surface area contributed by atoms with Crippen molar-refractivity contribution in [1.29, 1.82) is 0 Å². The molecule has 21 aromatic rings. The number of halogens is 2. The van der Waals surface area contributed by atoms with E-state index in [9.17, 15) is 43.0 Å². The van der Waals surface area contributed by atoms with Gasteiger partial charge in [-0.2, -0.15) is 25.5 Å². The number of nitrogens with zero attached hydrogens (tertiary/aromatic N) is 10. The first-order chi connectivity index (χ1) is 67.4. The first-order valence-electron chi connectivity index (χ1n) is 44.3. The number of pyridine rings is 5. The van der Waals surface area contributed by atoms with Crippen molar-refractivity contribution in [2.45, 2.75) is 57.9 Å². The maximum atomic E-state index is 13.3. The standard InChI is InChI=1S/C25H20N4O2.C22H16N4O2.C22H22N4O2.C20H15FN4O2.C18H15FN4O/c30-15-23(17-7-2-1-3-8-17)27-25(31)21-13-20-22(14-26-21)28-29-24(20)19-11-10-16-6-4-5-9-18(16)12-19;27-22(24-12-17-6-3-9-28-17)19-11-18-20(13-23-19)25-26-21(18)16-8-7-14-4-1-2-5-15(14)10-16;1-13(2)20(12-27)24-22(28)18-10-17-19(11-23-18)25-26-21(17)16-8-7-14-5-3-4-6-15(14)9-16;21-14-4-1-3-13(11-14)6-7-16-19-17(25-24-16)8-9-18(23-19)20(26)22-12-15-5-2-10-27-15;19-12-3-1-2-11(10-12)4-7-14-17-15(23-22-14)8-9-16(21-17)18(24)20-13-5-6-13/h1-14,23,30H,15H2,(H,27,31)(H,28,29);1-11,13H,12H2,(H,24,27)(H,25,26);3-11,13,20,27H,12H2,1-2H3,(H,24,28)(H,25,26);1-11H,12H2,(H,22,26)(H,24,25);1-4,7-10,13H,5-6H2,(H,20,24)(H,22,23)/b;;;7-6+;7-4+/t23-;;20-;;/m1.1../s1. The van der Waals surface area contributed by atoms with E-state index >= 15 is 0 Å². The van der Waals surface area contributed by atoms with Gasteiger partial charge in [0.15, 0.2) is 0 Å². The van der Waals surface area contributed by atoms with Crippen molar-refractivity contribution in [1.82, 2.24) is 102 Å². The highest BCUT2D eigenvalue weighted by atomic mass is 19.1. The molecule has 12 heterocycles. The smallest absolute Gasteiger partial charge is 0.270 e. The Labute approximate surface area is 785 Å². The van der Waals surface area contributed by atoms with Crippen molar-refractivity contribution < 1.29 is 51.8 Å². The van der Waals surface area contributed by atoms with E-state index in [1.54, 1.807) is 140 Å². The molecular weight excluding hydrogens is 1750 g/mol. The van der Waals surface area contributed by atoms with Crippen LogP contribution in [-0.4, -0.2) is 141 Å². The third-order valence-electron chi connectivity index (χ3n) is 22.9. The molecule has 0 radical (unpaired) electrons. The molecule has 31 heteroatoms. The molecule has 0 spiro atoms. The minimum Gasteiger partial charge on any atom is -0.467 e. The molecular formula is C107H88F2N20O9. The lowest BCUT2D eigenvalue weighted by Crippen LogP contribution is -2.41. The summed E-state index contributed by atoms with van der Waals surface area (Å²) >= 11 is 0. The fourth-order valence-corrected chi connectivity index (χ4v) is 15.3. The van der Waals surface area contributed by atoms with Gasteiger partial charge in [-0.1, -0.05) is 190 Å². The highest BCUT2D eigenvalue weighted by molar-refractivity contribution is 6.05. The van der Waals surface area contributed by atoms with Crippen LogP contribution in [-0.2, 0) is 13.1 Å². The quantitative estimate of drug-likeness (QED) is 0.0283. The fraction of sp³-hybridized carbons (Fsp3) is 0.112. The number of fused-ring (bicyclic) bond motifs is 8. The molecule has 0 unspecified atom stereocenters. The molecule has 1 fully saturated rings. The lowest BCUT2D eigenvalue weighted by molar-refractivity contribution is 0.0889. The fourth-order valence-electron chi connectivity index (χ4n) is 15.3. The molecule has 9 aromatic carbocycles. The number of rotatable bonds is 23. The number of carbonyl (C=O) groups is 5. The van der Waals surface area contributed by atoms with Gasteiger partial charge in [-0.25, -0.2) is 33.7 Å². The zero-order chi connectivity index (χ0) is 95.0. The van der Waals surface area contributed by atoms with Gasteiger partial charge in [-0.15, -0.1) is 0 Å². The Morgan fingerprint density at radius 1 is 0.391 bits per heavy atom. The number of hydrogen-bond donors (Lipinski definition) is 12. The highest BCUT2D eigenvalue weighted by Gasteiger charge is 2.27. The van der Waals surface area contributed by atoms with Gasteiger partial charge in [-0.3, -0.25) is 49.5 Å². The van der Waals surface area contributed by atoms with E-state index in [2.05, 4.69) is 175 Å². The highest BCUT2D eigenvalue weighted by Crippen LogP contribution is 2.34. The van der Waals surface area contributed by atoms with Crippen molar-refractivity contribution >= 4 is 141 Å². The number of furan rings is 2. The van der Waals surface area contributed by atoms with E-state index in [1.807, 2.05) is 105 Å². The van der Waals surface area contributed by atoms with E-state index in [0.29, 0.717) is 68.6 Å². The van der Waals surface area contributed by atoms with Crippen LogP contribution in [0.3, 0.4) is 0 Å². The van der Waals surface area contributed by atoms with Crippen molar-refractivity contribution in [2.75, 3.05) is 13.2 Å². The van der Waals surface area contributed by atoms with E-state index < -0.39 is 6.04 Å². The van der Waals surface area contributed by atoms with Crippen LogP contribution >= 0.6 is 0 Å². The van der Waals surface area contributed by atoms with Gasteiger partial charge < -0.3 is 45.6 Å². The summed E-state index contributed by atoms with van der Waals surface area (Å²) in [6.07, 6.45) is 17.0. The second kappa shape index (κ2) is 41.9. The molecule has 138 heavy (non-hydrogen) atoms. The number of hydrogen-bond acceptors (Lipinski definition) is 19. The summed E-state index contributed by atoms with van der Waals surface area (Å²) in [5.74, 6) is -0.519. The van der Waals surface area contributed by atoms with Gasteiger partial charge in [0.05, 0.1) is 97.1 Å². The number of nitrogens with one attached hydrogen (secondary N) is 10. The van der Waals surface area contributed by atoms with Gasteiger partial charge in [0.1, 0.15) is 91.1 Å². The molecule has 0 aliphatic heterocycles. The molecule has 12 aromatic heterocycles. The van der Waals surface area contributed by atoms with E-state index in [0.717, 1.165) is 123 Å². The zero-order valence-electron chi connectivity index (χ0n) is 74.2. The third-order valence-corrected chi connectivity index (χ3v) is 22.9. The van der Waals surface area contributed by atoms with Crippen molar-refractivity contribution in [2.24, 2.45) is 5.92 Å². The lowest BCUT2D eigenvalue weighted by atomic mass is 10.0. The summed E-state index contributed by atoms with van der Waals surface area (Å²) < 4.78 is 36.9. The topological polar surface area (TPSA) is 420 Å². The predicted octanol–water partition coefficient (Wildman–Crippen LogP) is 19.0. The Hall–Kier alpha value is -18.0. The number of carbonyl (C=O) groups excluding carboxylic acids is 5. The van der Waals surface area contributed by atoms with Crippen LogP contribution in [0.25, 0.3) is 145 Å². The molecule has 1 aliphatic rings. The molecule has 5 amide bonds. The normalized spacial score (nSPS) is 12.3. The Kier molecular flexibility index (Phi) is 27.5. The number of H-pyrrole nitrogens is 5. The number of aliphatic hydroxyl groups is 2. The first-order valence-corrected chi connectivity index (χ1v) is 44.3. The van der Waals surface area contributed by atoms with Crippen LogP contribution in [0.2, 0.25) is 0 Å². The number of amides is 5. The molecule has 22 rings (SSSR count). The molecule has 2 atom stereocenters. The van der Waals surface area contributed by atoms with Crippen LogP contribution in [0.4, 0.5) is 8.78 Å². The summed E-state index contributed by atoms with van der Waals surface area (Å²) in [5, 5.41) is 79.3. The summed E-state index contributed by atoms with van der Waals surface area (Å²) in [6.45, 7) is 4.18. The summed E-state index contributed by atoms with van der Waals surface area (Å²) in [6, 6.07) is 83.6. The van der Waals surface area contributed by atoms with Gasteiger partial charge >= 0.3 is 0 Å². The molecule has 12 N–H and O–H groups in total. The second-order valence-electron chi connectivity index (χ2n) is 32.8. The molecule has 0 bridgehead atoms. The first kappa shape index (κ1) is 90.6.